The van der Waals surface area contributed by atoms with Crippen LogP contribution in [0.1, 0.15) is 40.5 Å². The summed E-state index contributed by atoms with van der Waals surface area (Å²) in [5, 5.41) is 19.3. The highest BCUT2D eigenvalue weighted by molar-refractivity contribution is 6.09. The molecule has 2 rings (SSSR count). The Bertz CT molecular complexity index is 979. The van der Waals surface area contributed by atoms with Gasteiger partial charge in [0, 0.05) is 19.3 Å². The molecule has 0 radical (unpaired) electrons. The van der Waals surface area contributed by atoms with Crippen LogP contribution in [0.5, 0.6) is 5.75 Å². The van der Waals surface area contributed by atoms with Gasteiger partial charge in [-0.25, -0.2) is 9.59 Å². The molecular weight excluding hydrogens is 445 g/mol. The number of amides is 1. The first-order chi connectivity index (χ1) is 15.4. The molecule has 11 heteroatoms. The highest BCUT2D eigenvalue weighted by atomic mass is 19.4. The number of nitrogens with one attached hydrogen (secondary N) is 1. The van der Waals surface area contributed by atoms with Crippen LogP contribution in [-0.4, -0.2) is 54.9 Å². The van der Waals surface area contributed by atoms with Gasteiger partial charge in [0.05, 0.1) is 23.9 Å². The van der Waals surface area contributed by atoms with Gasteiger partial charge < -0.3 is 25.2 Å². The van der Waals surface area contributed by atoms with Gasteiger partial charge in [0.15, 0.2) is 0 Å². The molecule has 0 atom stereocenters. The fraction of sp³-hybridized carbons (Fsp3) is 0.318. The summed E-state index contributed by atoms with van der Waals surface area (Å²) in [6.45, 7) is 2.94. The van der Waals surface area contributed by atoms with E-state index < -0.39 is 24.0 Å². The van der Waals surface area contributed by atoms with Crippen LogP contribution in [0.2, 0.25) is 0 Å². The molecule has 0 fully saturated rings. The number of carboxylic acid groups (broad SMARTS) is 2. The minimum atomic E-state index is -5.08. The van der Waals surface area contributed by atoms with Crippen molar-refractivity contribution in [2.45, 2.75) is 25.9 Å². The smallest absolute Gasteiger partial charge is 0.490 e. The normalized spacial score (nSPS) is 10.5. The van der Waals surface area contributed by atoms with Crippen LogP contribution < -0.4 is 15.0 Å². The predicted octanol–water partition coefficient (Wildman–Crippen LogP) is 4.52. The summed E-state index contributed by atoms with van der Waals surface area (Å²) >= 11 is 0. The van der Waals surface area contributed by atoms with Crippen LogP contribution in [-0.2, 0) is 4.79 Å². The van der Waals surface area contributed by atoms with Crippen molar-refractivity contribution in [1.29, 1.82) is 0 Å². The SMILES string of the molecule is CCCCN(C)c1ccc(NC(=O)c2ccccc2OC)c(C(=O)O)c1.O=C(O)C(F)(F)F. The second kappa shape index (κ2) is 12.3. The first-order valence-corrected chi connectivity index (χ1v) is 9.75. The number of methoxy groups -OCH3 is 1. The summed E-state index contributed by atoms with van der Waals surface area (Å²) < 4.78 is 36.9. The lowest BCUT2D eigenvalue weighted by Crippen LogP contribution is -2.21. The van der Waals surface area contributed by atoms with Crippen LogP contribution in [0, 0.1) is 0 Å². The maximum absolute atomic E-state index is 12.5. The van der Waals surface area contributed by atoms with Crippen molar-refractivity contribution in [3.63, 3.8) is 0 Å². The van der Waals surface area contributed by atoms with Gasteiger partial charge >= 0.3 is 18.1 Å². The molecule has 0 spiro atoms. The predicted molar refractivity (Wildman–Crippen MR) is 116 cm³/mol. The molecule has 0 saturated carbocycles. The van der Waals surface area contributed by atoms with Crippen molar-refractivity contribution in [1.82, 2.24) is 0 Å². The van der Waals surface area contributed by atoms with Gasteiger partial charge in [0.25, 0.3) is 5.91 Å². The average Bonchev–Trinajstić information content (AvgIpc) is 2.77. The molecule has 0 heterocycles. The Hall–Kier alpha value is -3.76. The minimum Gasteiger partial charge on any atom is -0.496 e. The number of anilines is 2. The van der Waals surface area contributed by atoms with Gasteiger partial charge in [-0.1, -0.05) is 25.5 Å². The zero-order valence-electron chi connectivity index (χ0n) is 18.3. The summed E-state index contributed by atoms with van der Waals surface area (Å²) in [6.07, 6.45) is -3.01. The van der Waals surface area contributed by atoms with Crippen molar-refractivity contribution < 1.29 is 42.5 Å². The van der Waals surface area contributed by atoms with Gasteiger partial charge in [-0.15, -0.1) is 0 Å². The number of alkyl halides is 3. The Labute approximate surface area is 188 Å². The van der Waals surface area contributed by atoms with E-state index in [9.17, 15) is 27.9 Å². The third-order valence-corrected chi connectivity index (χ3v) is 4.36. The van der Waals surface area contributed by atoms with E-state index in [1.54, 1.807) is 42.5 Å². The summed E-state index contributed by atoms with van der Waals surface area (Å²) in [4.78, 5) is 35.1. The number of carbonyl (C=O) groups is 3. The molecule has 1 amide bonds. The molecule has 0 unspecified atom stereocenters. The lowest BCUT2D eigenvalue weighted by atomic mass is 10.1. The molecule has 3 N–H and O–H groups in total. The monoisotopic (exact) mass is 470 g/mol. The van der Waals surface area contributed by atoms with E-state index in [-0.39, 0.29) is 11.3 Å². The number of para-hydroxylation sites is 1. The van der Waals surface area contributed by atoms with Crippen molar-refractivity contribution in [2.75, 3.05) is 30.9 Å². The van der Waals surface area contributed by atoms with E-state index in [1.165, 1.54) is 7.11 Å². The number of unbranched alkanes of at least 4 members (excludes halogenated alkanes) is 1. The zero-order chi connectivity index (χ0) is 25.2. The number of carbonyl (C=O) groups excluding carboxylic acids is 1. The second-order valence-corrected chi connectivity index (χ2v) is 6.77. The summed E-state index contributed by atoms with van der Waals surface area (Å²) in [7, 11) is 3.40. The topological polar surface area (TPSA) is 116 Å². The number of benzene rings is 2. The molecule has 33 heavy (non-hydrogen) atoms. The third-order valence-electron chi connectivity index (χ3n) is 4.36. The Kier molecular flexibility index (Phi) is 10.2. The number of aliphatic carboxylic acids is 1. The molecule has 0 aliphatic rings. The van der Waals surface area contributed by atoms with Gasteiger partial charge in [0.1, 0.15) is 5.75 Å². The molecule has 8 nitrogen and oxygen atoms in total. The van der Waals surface area contributed by atoms with Crippen molar-refractivity contribution in [2.24, 2.45) is 0 Å². The molecule has 0 aliphatic heterocycles. The van der Waals surface area contributed by atoms with Crippen molar-refractivity contribution in [3.05, 3.63) is 53.6 Å². The number of halogens is 3. The van der Waals surface area contributed by atoms with Crippen LogP contribution in [0.25, 0.3) is 0 Å². The quantitative estimate of drug-likeness (QED) is 0.520. The first kappa shape index (κ1) is 27.3. The third kappa shape index (κ3) is 8.36. The van der Waals surface area contributed by atoms with Gasteiger partial charge in [-0.3, -0.25) is 4.79 Å². The summed E-state index contributed by atoms with van der Waals surface area (Å²) in [6, 6.07) is 11.8. The lowest BCUT2D eigenvalue weighted by Gasteiger charge is -2.20. The molecule has 0 saturated heterocycles. The maximum atomic E-state index is 12.5. The highest BCUT2D eigenvalue weighted by Gasteiger charge is 2.38. The molecule has 2 aromatic rings. The van der Waals surface area contributed by atoms with E-state index >= 15 is 0 Å². The van der Waals surface area contributed by atoms with Gasteiger partial charge in [0.2, 0.25) is 0 Å². The molecule has 0 aliphatic carbocycles. The molecule has 0 bridgehead atoms. The number of ether oxygens (including phenoxy) is 1. The summed E-state index contributed by atoms with van der Waals surface area (Å²) in [5.41, 5.74) is 1.44. The number of nitrogens with zero attached hydrogens (tertiary/aromatic N) is 1. The second-order valence-electron chi connectivity index (χ2n) is 6.77. The van der Waals surface area contributed by atoms with Gasteiger partial charge in [-0.2, -0.15) is 13.2 Å². The Morgan fingerprint density at radius 2 is 1.67 bits per heavy atom. The van der Waals surface area contributed by atoms with E-state index in [1.807, 2.05) is 11.9 Å². The van der Waals surface area contributed by atoms with Crippen LogP contribution >= 0.6 is 0 Å². The number of hydrogen-bond donors (Lipinski definition) is 3. The Balaban J connectivity index is 0.000000675. The van der Waals surface area contributed by atoms with Crippen molar-refractivity contribution in [3.8, 4) is 5.75 Å². The van der Waals surface area contributed by atoms with E-state index in [0.29, 0.717) is 11.3 Å². The number of aromatic carboxylic acids is 1. The molecule has 180 valence electrons. The fourth-order valence-corrected chi connectivity index (χ4v) is 2.60. The molecule has 0 aromatic heterocycles. The molecular formula is C22H25F3N2O6. The van der Waals surface area contributed by atoms with Crippen LogP contribution in [0.4, 0.5) is 24.5 Å². The standard InChI is InChI=1S/C20H24N2O4.C2HF3O2/c1-4-5-12-22(2)14-10-11-17(16(13-14)20(24)25)21-19(23)15-8-6-7-9-18(15)26-3;3-2(4,5)1(6)7/h6-11,13H,4-5,12H2,1-3H3,(H,21,23)(H,24,25);(H,6,7). The number of carboxylic acids is 2. The largest absolute Gasteiger partial charge is 0.496 e. The number of rotatable bonds is 8. The van der Waals surface area contributed by atoms with E-state index in [0.717, 1.165) is 25.1 Å². The van der Waals surface area contributed by atoms with Crippen LogP contribution in [0.3, 0.4) is 0 Å². The Morgan fingerprint density at radius 3 is 2.18 bits per heavy atom. The maximum Gasteiger partial charge on any atom is 0.490 e. The number of hydrogen-bond acceptors (Lipinski definition) is 5. The van der Waals surface area contributed by atoms with E-state index in [2.05, 4.69) is 12.2 Å². The Morgan fingerprint density at radius 1 is 1.06 bits per heavy atom. The van der Waals surface area contributed by atoms with Crippen LogP contribution in [0.15, 0.2) is 42.5 Å². The first-order valence-electron chi connectivity index (χ1n) is 9.75. The summed E-state index contributed by atoms with van der Waals surface area (Å²) in [5.74, 6) is -3.84. The molecule has 2 aromatic carbocycles. The highest BCUT2D eigenvalue weighted by Crippen LogP contribution is 2.25. The van der Waals surface area contributed by atoms with Gasteiger partial charge in [-0.05, 0) is 36.8 Å². The minimum absolute atomic E-state index is 0.0501. The lowest BCUT2D eigenvalue weighted by molar-refractivity contribution is -0.192. The zero-order valence-corrected chi connectivity index (χ0v) is 18.3. The average molecular weight is 470 g/mol. The fourth-order valence-electron chi connectivity index (χ4n) is 2.60. The van der Waals surface area contributed by atoms with E-state index in [4.69, 9.17) is 14.6 Å². The van der Waals surface area contributed by atoms with Crippen molar-refractivity contribution >= 4 is 29.2 Å².